The molecule has 36 heavy (non-hydrogen) atoms. The average Bonchev–Trinajstić information content (AvgIpc) is 2.86. The number of methoxy groups -OCH3 is 2. The highest BCUT2D eigenvalue weighted by Crippen LogP contribution is 2.21. The van der Waals surface area contributed by atoms with E-state index in [1.165, 1.54) is 11.1 Å². The quantitative estimate of drug-likeness (QED) is 0.252. The molecule has 4 rings (SSSR count). The molecule has 0 aliphatic heterocycles. The Morgan fingerprint density at radius 2 is 0.889 bits per heavy atom. The predicted molar refractivity (Wildman–Crippen MR) is 162 cm³/mol. The van der Waals surface area contributed by atoms with Gasteiger partial charge in [-0.25, -0.2) is 0 Å². The fraction of sp³-hybridized carbons (Fsp3) is 0.200. The lowest BCUT2D eigenvalue weighted by Crippen LogP contribution is -2.29. The molecule has 0 spiro atoms. The Kier molecular flexibility index (Phi) is 22.1. The number of rotatable bonds is 4. The van der Waals surface area contributed by atoms with Gasteiger partial charge in [-0.15, -0.1) is 0 Å². The van der Waals surface area contributed by atoms with Crippen LogP contribution in [0.3, 0.4) is 0 Å². The molecule has 0 aliphatic carbocycles. The van der Waals surface area contributed by atoms with Crippen molar-refractivity contribution in [1.82, 2.24) is 0 Å². The van der Waals surface area contributed by atoms with Gasteiger partial charge in [-0.05, 0) is 53.0 Å². The number of ether oxygens (including phenoxy) is 2. The fourth-order valence-corrected chi connectivity index (χ4v) is 2.87. The van der Waals surface area contributed by atoms with Gasteiger partial charge < -0.3 is 19.5 Å². The number of benzene rings is 4. The first kappa shape index (κ1) is 37.5. The van der Waals surface area contributed by atoms with Crippen LogP contribution in [0.25, 0.3) is 11.1 Å². The molecule has 0 atom stereocenters. The summed E-state index contributed by atoms with van der Waals surface area (Å²) in [4.78, 5) is 0. The molecular weight excluding hydrogens is 515 g/mol. The van der Waals surface area contributed by atoms with Crippen LogP contribution in [0, 0.1) is 0 Å². The Labute approximate surface area is 227 Å². The Morgan fingerprint density at radius 3 is 1.25 bits per heavy atom. The maximum atomic E-state index is 8.58. The summed E-state index contributed by atoms with van der Waals surface area (Å²) in [5, 5.41) is 17.2. The van der Waals surface area contributed by atoms with E-state index in [4.69, 9.17) is 19.5 Å². The van der Waals surface area contributed by atoms with E-state index in [-0.39, 0.29) is 29.7 Å². The maximum absolute atomic E-state index is 8.58. The van der Waals surface area contributed by atoms with Gasteiger partial charge >= 0.3 is 7.12 Å². The topological polar surface area (TPSA) is 58.9 Å². The van der Waals surface area contributed by atoms with Crippen LogP contribution >= 0.6 is 15.9 Å². The van der Waals surface area contributed by atoms with Crippen LogP contribution in [0.1, 0.15) is 29.7 Å². The Bertz CT molecular complexity index is 1010. The van der Waals surface area contributed by atoms with Crippen LogP contribution < -0.4 is 14.9 Å². The van der Waals surface area contributed by atoms with Crippen LogP contribution in [-0.2, 0) is 0 Å². The van der Waals surface area contributed by atoms with Crippen LogP contribution in [0.4, 0.5) is 0 Å². The minimum Gasteiger partial charge on any atom is -0.497 e. The van der Waals surface area contributed by atoms with E-state index in [2.05, 4.69) is 40.2 Å². The fourth-order valence-electron chi connectivity index (χ4n) is 2.61. The lowest BCUT2D eigenvalue weighted by Gasteiger charge is -2.02. The molecule has 0 aromatic heterocycles. The van der Waals surface area contributed by atoms with Crippen molar-refractivity contribution in [2.45, 2.75) is 29.7 Å². The highest BCUT2D eigenvalue weighted by molar-refractivity contribution is 9.10. The van der Waals surface area contributed by atoms with Gasteiger partial charge in [0.2, 0.25) is 0 Å². The summed E-state index contributed by atoms with van der Waals surface area (Å²) in [5.41, 5.74) is 2.97. The van der Waals surface area contributed by atoms with E-state index in [9.17, 15) is 0 Å². The summed E-state index contributed by atoms with van der Waals surface area (Å²) in [5.74, 6) is 1.78. The molecule has 196 valence electrons. The molecule has 0 aliphatic rings. The monoisotopic (exact) mass is 556 g/mol. The minimum atomic E-state index is -1.34. The third-order valence-corrected chi connectivity index (χ3v) is 4.87. The van der Waals surface area contributed by atoms with Crippen LogP contribution in [-0.4, -0.2) is 31.4 Å². The Hall–Kier alpha value is -3.06. The molecule has 0 amide bonds. The predicted octanol–water partition coefficient (Wildman–Crippen LogP) is 7.73. The summed E-state index contributed by atoms with van der Waals surface area (Å²) in [6, 6.07) is 34.7. The smallest absolute Gasteiger partial charge is 0.488 e. The summed E-state index contributed by atoms with van der Waals surface area (Å²) in [6.07, 6.45) is 0. The number of hydrogen-bond donors (Lipinski definition) is 2. The van der Waals surface area contributed by atoms with Gasteiger partial charge in [0.25, 0.3) is 0 Å². The molecule has 0 bridgehead atoms. The summed E-state index contributed by atoms with van der Waals surface area (Å²) >= 11 is 3.32. The van der Waals surface area contributed by atoms with Gasteiger partial charge in [-0.2, -0.15) is 0 Å². The SMILES string of the molecule is C.C.C.C.COc1ccc(-c2ccccc2)cc1.COc1ccc(Br)cc1.OB(O)c1ccccc1. The molecule has 0 saturated heterocycles. The van der Waals surface area contributed by atoms with Crippen molar-refractivity contribution >= 4 is 28.5 Å². The highest BCUT2D eigenvalue weighted by Gasteiger charge is 2.07. The minimum absolute atomic E-state index is 0. The summed E-state index contributed by atoms with van der Waals surface area (Å²) < 4.78 is 11.1. The second kappa shape index (κ2) is 21.2. The van der Waals surface area contributed by atoms with E-state index in [0.717, 1.165) is 16.0 Å². The van der Waals surface area contributed by atoms with Crippen molar-refractivity contribution in [3.05, 3.63) is 114 Å². The molecule has 0 unspecified atom stereocenters. The van der Waals surface area contributed by atoms with E-state index >= 15 is 0 Å². The second-order valence-corrected chi connectivity index (χ2v) is 7.45. The average molecular weight is 557 g/mol. The highest BCUT2D eigenvalue weighted by atomic mass is 79.9. The van der Waals surface area contributed by atoms with Gasteiger partial charge in [-0.1, -0.05) is 118 Å². The normalized spacial score (nSPS) is 8.36. The Balaban J connectivity index is -0.000000445. The van der Waals surface area contributed by atoms with Crippen molar-refractivity contribution in [1.29, 1.82) is 0 Å². The number of halogens is 1. The van der Waals surface area contributed by atoms with E-state index in [1.54, 1.807) is 38.5 Å². The first-order valence-electron chi connectivity index (χ1n) is 9.93. The summed E-state index contributed by atoms with van der Waals surface area (Å²) in [7, 11) is 1.99. The molecule has 4 nitrogen and oxygen atoms in total. The zero-order chi connectivity index (χ0) is 23.2. The lowest BCUT2D eigenvalue weighted by atomic mass is 9.81. The third-order valence-electron chi connectivity index (χ3n) is 4.34. The number of hydrogen-bond acceptors (Lipinski definition) is 4. The second-order valence-electron chi connectivity index (χ2n) is 6.54. The molecule has 0 heterocycles. The van der Waals surface area contributed by atoms with Gasteiger partial charge in [0, 0.05) is 4.47 Å². The third kappa shape index (κ3) is 13.7. The van der Waals surface area contributed by atoms with Gasteiger partial charge in [-0.3, -0.25) is 0 Å². The molecule has 0 saturated carbocycles. The van der Waals surface area contributed by atoms with Gasteiger partial charge in [0.1, 0.15) is 11.5 Å². The van der Waals surface area contributed by atoms with Crippen LogP contribution in [0.5, 0.6) is 11.5 Å². The standard InChI is InChI=1S/C13H12O.C7H7BrO.C6H7BO2.4CH4/c1-14-13-9-7-12(8-10-13)11-5-3-2-4-6-11;1-9-7-4-2-6(8)3-5-7;8-7(9)6-4-2-1-3-5-6;;;;/h2-10H,1H3;2-5H,1H3;1-5,8-9H;4*1H4. The van der Waals surface area contributed by atoms with Crippen LogP contribution in [0.15, 0.2) is 114 Å². The lowest BCUT2D eigenvalue weighted by molar-refractivity contribution is 0.414. The van der Waals surface area contributed by atoms with Crippen molar-refractivity contribution in [2.24, 2.45) is 0 Å². The van der Waals surface area contributed by atoms with Gasteiger partial charge in [0.05, 0.1) is 14.2 Å². The first-order chi connectivity index (χ1) is 15.5. The zero-order valence-electron chi connectivity index (χ0n) is 18.1. The van der Waals surface area contributed by atoms with Crippen molar-refractivity contribution in [3.63, 3.8) is 0 Å². The molecular formula is C30H42BBrO4. The van der Waals surface area contributed by atoms with Crippen molar-refractivity contribution in [3.8, 4) is 22.6 Å². The van der Waals surface area contributed by atoms with E-state index in [0.29, 0.717) is 5.46 Å². The van der Waals surface area contributed by atoms with Gasteiger partial charge in [0.15, 0.2) is 0 Å². The Morgan fingerprint density at radius 1 is 0.528 bits per heavy atom. The largest absolute Gasteiger partial charge is 0.497 e. The molecule has 0 fully saturated rings. The van der Waals surface area contributed by atoms with E-state index < -0.39 is 7.12 Å². The van der Waals surface area contributed by atoms with Crippen molar-refractivity contribution in [2.75, 3.05) is 14.2 Å². The molecule has 0 radical (unpaired) electrons. The molecule has 4 aromatic carbocycles. The summed E-state index contributed by atoms with van der Waals surface area (Å²) in [6.45, 7) is 0. The van der Waals surface area contributed by atoms with E-state index in [1.807, 2.05) is 60.7 Å². The van der Waals surface area contributed by atoms with Crippen LogP contribution in [0.2, 0.25) is 0 Å². The molecule has 2 N–H and O–H groups in total. The molecule has 4 aromatic rings. The maximum Gasteiger partial charge on any atom is 0.488 e. The van der Waals surface area contributed by atoms with Crippen molar-refractivity contribution < 1.29 is 19.5 Å². The molecule has 6 heteroatoms. The zero-order valence-corrected chi connectivity index (χ0v) is 19.6. The first-order valence-corrected chi connectivity index (χ1v) is 10.7.